The molecule has 2 nitrogen and oxygen atoms in total. The Morgan fingerprint density at radius 1 is 0.659 bits per heavy atom. The fourth-order valence-electron chi connectivity index (χ4n) is 5.75. The molecule has 41 heavy (non-hydrogen) atoms. The van der Waals surface area contributed by atoms with Crippen LogP contribution in [0.4, 0.5) is 0 Å². The van der Waals surface area contributed by atoms with Gasteiger partial charge in [0.25, 0.3) is 0 Å². The zero-order valence-corrected chi connectivity index (χ0v) is 24.1. The highest BCUT2D eigenvalue weighted by Crippen LogP contribution is 2.34. The average Bonchev–Trinajstić information content (AvgIpc) is 3.01. The first-order valence-electron chi connectivity index (χ1n) is 14.6. The molecule has 1 aliphatic carbocycles. The lowest BCUT2D eigenvalue weighted by Gasteiger charge is -2.16. The van der Waals surface area contributed by atoms with E-state index in [0.717, 1.165) is 41.9 Å². The summed E-state index contributed by atoms with van der Waals surface area (Å²) in [7, 11) is 0. The molecule has 0 N–H and O–H groups in total. The molecule has 1 aromatic heterocycles. The number of aliphatic imine (C=N–C) groups is 1. The fourth-order valence-corrected chi connectivity index (χ4v) is 5.75. The topological polar surface area (TPSA) is 25.2 Å². The van der Waals surface area contributed by atoms with Crippen molar-refractivity contribution in [1.29, 1.82) is 0 Å². The van der Waals surface area contributed by atoms with Crippen LogP contribution in [0.25, 0.3) is 39.5 Å². The maximum Gasteiger partial charge on any atom is 0.0900 e. The van der Waals surface area contributed by atoms with Crippen LogP contribution in [0.3, 0.4) is 0 Å². The van der Waals surface area contributed by atoms with E-state index in [1.54, 1.807) is 0 Å². The van der Waals surface area contributed by atoms with Crippen LogP contribution in [-0.4, -0.2) is 10.7 Å². The zero-order chi connectivity index (χ0) is 28.2. The van der Waals surface area contributed by atoms with Crippen molar-refractivity contribution in [1.82, 2.24) is 4.98 Å². The van der Waals surface area contributed by atoms with Crippen molar-refractivity contribution in [2.45, 2.75) is 46.1 Å². The summed E-state index contributed by atoms with van der Waals surface area (Å²) in [5, 5.41) is 0. The maximum atomic E-state index is 5.04. The molecule has 202 valence electrons. The van der Waals surface area contributed by atoms with E-state index >= 15 is 0 Å². The van der Waals surface area contributed by atoms with Gasteiger partial charge in [-0.05, 0) is 120 Å². The second kappa shape index (κ2) is 11.9. The molecule has 0 fully saturated rings. The van der Waals surface area contributed by atoms with Crippen LogP contribution in [0.1, 0.15) is 67.2 Å². The first-order chi connectivity index (χ1) is 20.0. The number of benzene rings is 3. The molecular formula is C39H36N2. The molecule has 3 aromatic carbocycles. The van der Waals surface area contributed by atoms with Crippen LogP contribution >= 0.6 is 0 Å². The lowest BCUT2D eigenvalue weighted by molar-refractivity contribution is 0.775. The normalized spacial score (nSPS) is 20.2. The van der Waals surface area contributed by atoms with E-state index in [-0.39, 0.29) is 6.04 Å². The van der Waals surface area contributed by atoms with E-state index in [9.17, 15) is 0 Å². The largest absolute Gasteiger partial charge is 0.281 e. The van der Waals surface area contributed by atoms with Gasteiger partial charge >= 0.3 is 0 Å². The molecule has 0 saturated heterocycles. The third kappa shape index (κ3) is 6.12. The lowest BCUT2D eigenvalue weighted by Crippen LogP contribution is -2.03. The summed E-state index contributed by atoms with van der Waals surface area (Å²) >= 11 is 0. The van der Waals surface area contributed by atoms with Crippen LogP contribution in [0.15, 0.2) is 120 Å². The Bertz CT molecular complexity index is 1710. The Labute approximate surface area is 244 Å². The minimum Gasteiger partial charge on any atom is -0.281 e. The monoisotopic (exact) mass is 532 g/mol. The number of allylic oxidation sites excluding steroid dienone is 7. The molecule has 0 bridgehead atoms. The second-order valence-corrected chi connectivity index (χ2v) is 11.0. The average molecular weight is 533 g/mol. The third-order valence-corrected chi connectivity index (χ3v) is 7.87. The van der Waals surface area contributed by atoms with Crippen molar-refractivity contribution in [3.05, 3.63) is 143 Å². The molecule has 6 rings (SSSR count). The molecule has 4 aromatic rings. The molecule has 1 aliphatic heterocycles. The van der Waals surface area contributed by atoms with Crippen LogP contribution < -0.4 is 0 Å². The van der Waals surface area contributed by atoms with Crippen molar-refractivity contribution >= 4 is 22.9 Å². The lowest BCUT2D eigenvalue weighted by atomic mass is 9.90. The van der Waals surface area contributed by atoms with Gasteiger partial charge in [-0.3, -0.25) is 9.98 Å². The van der Waals surface area contributed by atoms with Gasteiger partial charge in [0.2, 0.25) is 0 Å². The molecule has 0 saturated carbocycles. The predicted molar refractivity (Wildman–Crippen MR) is 176 cm³/mol. The smallest absolute Gasteiger partial charge is 0.0900 e. The highest BCUT2D eigenvalue weighted by atomic mass is 14.8. The first-order valence-corrected chi connectivity index (χ1v) is 14.6. The SMILES string of the molecule is CC1=N/C(C)c2nc(C)ccc2/C=C\C/C(c2cc(-c3ccccc3)cc(-c3ccc(C4=CCCC=C4)cc3)c2)=C\1. The van der Waals surface area contributed by atoms with Gasteiger partial charge in [-0.25, -0.2) is 0 Å². The molecule has 2 heteroatoms. The number of rotatable bonds is 4. The summed E-state index contributed by atoms with van der Waals surface area (Å²) in [4.78, 5) is 9.86. The number of hydrogen-bond acceptors (Lipinski definition) is 2. The van der Waals surface area contributed by atoms with Gasteiger partial charge in [0.15, 0.2) is 0 Å². The Morgan fingerprint density at radius 3 is 2.10 bits per heavy atom. The number of nitrogens with zero attached hydrogens (tertiary/aromatic N) is 2. The summed E-state index contributed by atoms with van der Waals surface area (Å²) in [5.74, 6) is 0. The molecule has 1 unspecified atom stereocenters. The van der Waals surface area contributed by atoms with Gasteiger partial charge in [-0.1, -0.05) is 91.0 Å². The fraction of sp³-hybridized carbons (Fsp3) is 0.179. The molecule has 2 aliphatic rings. The quantitative estimate of drug-likeness (QED) is 0.257. The van der Waals surface area contributed by atoms with Crippen molar-refractivity contribution in [2.75, 3.05) is 0 Å². The third-order valence-electron chi connectivity index (χ3n) is 7.87. The van der Waals surface area contributed by atoms with Crippen LogP contribution in [-0.2, 0) is 0 Å². The molecule has 0 spiro atoms. The van der Waals surface area contributed by atoms with Gasteiger partial charge in [0.1, 0.15) is 0 Å². The molecule has 0 radical (unpaired) electrons. The van der Waals surface area contributed by atoms with Crippen molar-refractivity contribution in [2.24, 2.45) is 4.99 Å². The maximum absolute atomic E-state index is 5.04. The summed E-state index contributed by atoms with van der Waals surface area (Å²) in [6.07, 6.45) is 16.6. The Hall–Kier alpha value is -4.56. The molecular weight excluding hydrogens is 496 g/mol. The predicted octanol–water partition coefficient (Wildman–Crippen LogP) is 10.5. The summed E-state index contributed by atoms with van der Waals surface area (Å²) in [5.41, 5.74) is 14.2. The molecule has 1 atom stereocenters. The first kappa shape index (κ1) is 26.7. The Kier molecular flexibility index (Phi) is 7.73. The van der Waals surface area contributed by atoms with Crippen LogP contribution in [0.2, 0.25) is 0 Å². The summed E-state index contributed by atoms with van der Waals surface area (Å²) < 4.78 is 0. The van der Waals surface area contributed by atoms with E-state index in [1.165, 1.54) is 44.5 Å². The van der Waals surface area contributed by atoms with Gasteiger partial charge in [0, 0.05) is 11.4 Å². The Balaban J connectivity index is 1.43. The van der Waals surface area contributed by atoms with Crippen LogP contribution in [0.5, 0.6) is 0 Å². The van der Waals surface area contributed by atoms with E-state index in [4.69, 9.17) is 9.98 Å². The summed E-state index contributed by atoms with van der Waals surface area (Å²) in [6, 6.07) is 30.9. The molecule has 0 amide bonds. The van der Waals surface area contributed by atoms with Gasteiger partial charge in [-0.2, -0.15) is 0 Å². The zero-order valence-electron chi connectivity index (χ0n) is 24.1. The minimum absolute atomic E-state index is 0.0102. The van der Waals surface area contributed by atoms with Crippen molar-refractivity contribution in [3.8, 4) is 22.3 Å². The van der Waals surface area contributed by atoms with E-state index in [2.05, 4.69) is 135 Å². The summed E-state index contributed by atoms with van der Waals surface area (Å²) in [6.45, 7) is 6.28. The van der Waals surface area contributed by atoms with Gasteiger partial charge in [-0.15, -0.1) is 0 Å². The standard InChI is InChI=1S/C39H36N2/c1-27-17-18-34-15-10-16-35(23-28(2)40-29(3)39(34)41-27)38-25-36(31-13-8-5-9-14-31)24-37(26-38)33-21-19-32(20-22-33)30-11-6-4-7-12-30/h5-6,8-15,17-26,29H,4,7,16H2,1-3H3/b15-10-,35-23+,40-28-. The van der Waals surface area contributed by atoms with Crippen molar-refractivity contribution < 1.29 is 0 Å². The number of hydrogen-bond donors (Lipinski definition) is 0. The number of fused-ring (bicyclic) bond motifs is 1. The van der Waals surface area contributed by atoms with Crippen molar-refractivity contribution in [3.63, 3.8) is 0 Å². The number of aryl methyl sites for hydroxylation is 1. The Morgan fingerprint density at radius 2 is 1.37 bits per heavy atom. The second-order valence-electron chi connectivity index (χ2n) is 11.0. The highest BCUT2D eigenvalue weighted by Gasteiger charge is 2.14. The van der Waals surface area contributed by atoms with Gasteiger partial charge < -0.3 is 0 Å². The number of pyridine rings is 1. The minimum atomic E-state index is -0.0102. The van der Waals surface area contributed by atoms with Gasteiger partial charge in [0.05, 0.1) is 11.7 Å². The van der Waals surface area contributed by atoms with E-state index < -0.39 is 0 Å². The number of aromatic nitrogens is 1. The van der Waals surface area contributed by atoms with E-state index in [0.29, 0.717) is 0 Å². The van der Waals surface area contributed by atoms with E-state index in [1.807, 2.05) is 6.92 Å². The van der Waals surface area contributed by atoms with Crippen LogP contribution in [0, 0.1) is 6.92 Å². The molecule has 2 heterocycles. The highest BCUT2D eigenvalue weighted by molar-refractivity contribution is 6.00.